The maximum Gasteiger partial charge on any atom is 0.494 e. The third-order valence-electron chi connectivity index (χ3n) is 6.89. The summed E-state index contributed by atoms with van der Waals surface area (Å²) in [5.41, 5.74) is 2.68. The minimum atomic E-state index is -0.599. The summed E-state index contributed by atoms with van der Waals surface area (Å²) in [6.07, 6.45) is 3.76. The fraction of sp³-hybridized carbons (Fsp3) is 0.478. The van der Waals surface area contributed by atoms with Crippen LogP contribution >= 0.6 is 0 Å². The van der Waals surface area contributed by atoms with Gasteiger partial charge in [-0.05, 0) is 75.7 Å². The number of fused-ring (bicyclic) bond motifs is 1. The Kier molecular flexibility index (Phi) is 4.35. The molecule has 2 fully saturated rings. The molecule has 1 aromatic carbocycles. The van der Waals surface area contributed by atoms with Crippen molar-refractivity contribution in [3.8, 4) is 0 Å². The second-order valence-electron chi connectivity index (χ2n) is 9.59. The molecule has 0 spiro atoms. The molecular weight excluding hydrogens is 382 g/mol. The second-order valence-corrected chi connectivity index (χ2v) is 9.59. The molecule has 1 saturated heterocycles. The van der Waals surface area contributed by atoms with Crippen LogP contribution in [0.5, 0.6) is 0 Å². The Labute approximate surface area is 176 Å². The zero-order valence-corrected chi connectivity index (χ0v) is 17.9. The molecule has 30 heavy (non-hydrogen) atoms. The number of amides is 1. The Balaban J connectivity index is 1.45. The van der Waals surface area contributed by atoms with E-state index >= 15 is 4.39 Å². The zero-order chi connectivity index (χ0) is 21.3. The number of benzene rings is 1. The first kappa shape index (κ1) is 19.7. The summed E-state index contributed by atoms with van der Waals surface area (Å²) in [6, 6.07) is 7.07. The summed E-state index contributed by atoms with van der Waals surface area (Å²) < 4.78 is 27.6. The maximum absolute atomic E-state index is 15.4. The average Bonchev–Trinajstić information content (AvgIpc) is 3.43. The van der Waals surface area contributed by atoms with Gasteiger partial charge in [-0.3, -0.25) is 9.78 Å². The molecule has 5 nitrogen and oxygen atoms in total. The molecule has 5 rings (SSSR count). The normalized spacial score (nSPS) is 22.0. The van der Waals surface area contributed by atoms with Crippen molar-refractivity contribution in [3.05, 3.63) is 58.7 Å². The SMILES string of the molecule is CC1(C)OB(c2cc(F)c(CN3Cc4ncccc4C3=O)c(C3CC3)c2)OC1(C)C. The Hall–Kier alpha value is -2.25. The monoisotopic (exact) mass is 408 g/mol. The van der Waals surface area contributed by atoms with Crippen LogP contribution in [0, 0.1) is 5.82 Å². The molecule has 1 saturated carbocycles. The first-order chi connectivity index (χ1) is 14.2. The number of rotatable bonds is 4. The van der Waals surface area contributed by atoms with Gasteiger partial charge in [-0.1, -0.05) is 6.07 Å². The molecule has 3 aliphatic rings. The molecule has 156 valence electrons. The van der Waals surface area contributed by atoms with Gasteiger partial charge in [0, 0.05) is 18.3 Å². The van der Waals surface area contributed by atoms with E-state index in [1.165, 1.54) is 6.07 Å². The minimum absolute atomic E-state index is 0.0886. The topological polar surface area (TPSA) is 51.7 Å². The summed E-state index contributed by atoms with van der Waals surface area (Å²) >= 11 is 0. The Bertz CT molecular complexity index is 1020. The van der Waals surface area contributed by atoms with Gasteiger partial charge in [-0.2, -0.15) is 0 Å². The first-order valence-corrected chi connectivity index (χ1v) is 10.6. The standard InChI is InChI=1S/C23H26BFN2O3/c1-22(2)23(3,4)30-24(29-22)15-10-17(14-7-8-14)18(19(25)11-15)12-27-13-20-16(21(27)28)6-5-9-26-20/h5-6,9-11,14H,7-8,12-13H2,1-4H3. The highest BCUT2D eigenvalue weighted by Gasteiger charge is 2.52. The van der Waals surface area contributed by atoms with Crippen molar-refractivity contribution in [2.24, 2.45) is 0 Å². The van der Waals surface area contributed by atoms with Gasteiger partial charge in [0.25, 0.3) is 5.91 Å². The van der Waals surface area contributed by atoms with Crippen LogP contribution in [0.2, 0.25) is 0 Å². The fourth-order valence-corrected chi connectivity index (χ4v) is 4.22. The highest BCUT2D eigenvalue weighted by Crippen LogP contribution is 2.43. The molecule has 2 aromatic rings. The number of hydrogen-bond donors (Lipinski definition) is 0. The lowest BCUT2D eigenvalue weighted by atomic mass is 9.77. The van der Waals surface area contributed by atoms with Gasteiger partial charge in [0.05, 0.1) is 29.0 Å². The molecule has 1 aliphatic carbocycles. The molecule has 7 heteroatoms. The quantitative estimate of drug-likeness (QED) is 0.727. The molecule has 1 aromatic heterocycles. The van der Waals surface area contributed by atoms with Gasteiger partial charge in [-0.15, -0.1) is 0 Å². The highest BCUT2D eigenvalue weighted by atomic mass is 19.1. The predicted molar refractivity (Wildman–Crippen MR) is 112 cm³/mol. The number of halogens is 1. The fourth-order valence-electron chi connectivity index (χ4n) is 4.22. The number of pyridine rings is 1. The van der Waals surface area contributed by atoms with Gasteiger partial charge >= 0.3 is 7.12 Å². The summed E-state index contributed by atoms with van der Waals surface area (Å²) in [5.74, 6) is -0.0646. The summed E-state index contributed by atoms with van der Waals surface area (Å²) in [5, 5.41) is 0. The smallest absolute Gasteiger partial charge is 0.399 e. The van der Waals surface area contributed by atoms with Crippen LogP contribution in [0.4, 0.5) is 4.39 Å². The van der Waals surface area contributed by atoms with Crippen molar-refractivity contribution in [3.63, 3.8) is 0 Å². The maximum atomic E-state index is 15.4. The molecule has 0 bridgehead atoms. The number of carbonyl (C=O) groups excluding carboxylic acids is 1. The van der Waals surface area contributed by atoms with Crippen molar-refractivity contribution in [2.45, 2.75) is 70.7 Å². The van der Waals surface area contributed by atoms with Crippen LogP contribution in [0.1, 0.15) is 73.6 Å². The molecule has 0 unspecified atom stereocenters. The van der Waals surface area contributed by atoms with Crippen LogP contribution in [0.25, 0.3) is 0 Å². The van der Waals surface area contributed by atoms with E-state index in [0.717, 1.165) is 24.1 Å². The minimum Gasteiger partial charge on any atom is -0.399 e. The molecule has 0 atom stereocenters. The third kappa shape index (κ3) is 3.15. The molecule has 2 aliphatic heterocycles. The van der Waals surface area contributed by atoms with E-state index in [-0.39, 0.29) is 18.3 Å². The van der Waals surface area contributed by atoms with E-state index in [2.05, 4.69) is 4.98 Å². The van der Waals surface area contributed by atoms with Crippen LogP contribution in [-0.2, 0) is 22.4 Å². The van der Waals surface area contributed by atoms with Crippen molar-refractivity contribution < 1.29 is 18.5 Å². The van der Waals surface area contributed by atoms with Crippen LogP contribution in [0.3, 0.4) is 0 Å². The van der Waals surface area contributed by atoms with Crippen molar-refractivity contribution in [1.82, 2.24) is 9.88 Å². The van der Waals surface area contributed by atoms with Crippen LogP contribution < -0.4 is 5.46 Å². The Morgan fingerprint density at radius 2 is 1.90 bits per heavy atom. The van der Waals surface area contributed by atoms with Gasteiger partial charge in [0.2, 0.25) is 0 Å². The van der Waals surface area contributed by atoms with Gasteiger partial charge in [0.15, 0.2) is 0 Å². The van der Waals surface area contributed by atoms with E-state index in [1.54, 1.807) is 23.2 Å². The van der Waals surface area contributed by atoms with Gasteiger partial charge in [-0.25, -0.2) is 4.39 Å². The number of carbonyl (C=O) groups is 1. The highest BCUT2D eigenvalue weighted by molar-refractivity contribution is 6.62. The van der Waals surface area contributed by atoms with E-state index < -0.39 is 18.3 Å². The van der Waals surface area contributed by atoms with Gasteiger partial charge < -0.3 is 14.2 Å². The number of aromatic nitrogens is 1. The van der Waals surface area contributed by atoms with Crippen LogP contribution in [-0.4, -0.2) is 34.1 Å². The predicted octanol–water partition coefficient (Wildman–Crippen LogP) is 3.55. The van der Waals surface area contributed by atoms with E-state index in [9.17, 15) is 4.79 Å². The van der Waals surface area contributed by atoms with Crippen molar-refractivity contribution in [1.29, 1.82) is 0 Å². The molecule has 3 heterocycles. The summed E-state index contributed by atoms with van der Waals surface area (Å²) in [6.45, 7) is 8.62. The average molecular weight is 408 g/mol. The first-order valence-electron chi connectivity index (χ1n) is 10.6. The third-order valence-corrected chi connectivity index (χ3v) is 6.89. The zero-order valence-electron chi connectivity index (χ0n) is 17.9. The van der Waals surface area contributed by atoms with Crippen molar-refractivity contribution in [2.75, 3.05) is 0 Å². The Morgan fingerprint density at radius 3 is 2.53 bits per heavy atom. The molecular formula is C23H26BFN2O3. The van der Waals surface area contributed by atoms with Gasteiger partial charge in [0.1, 0.15) is 5.82 Å². The summed E-state index contributed by atoms with van der Waals surface area (Å²) in [7, 11) is -0.599. The lowest BCUT2D eigenvalue weighted by Gasteiger charge is -2.32. The van der Waals surface area contributed by atoms with Crippen LogP contribution in [0.15, 0.2) is 30.5 Å². The lowest BCUT2D eigenvalue weighted by Crippen LogP contribution is -2.41. The number of nitrogens with zero attached hydrogens (tertiary/aromatic N) is 2. The summed E-state index contributed by atoms with van der Waals surface area (Å²) in [4.78, 5) is 18.7. The van der Waals surface area contributed by atoms with Crippen molar-refractivity contribution >= 4 is 18.5 Å². The number of hydrogen-bond acceptors (Lipinski definition) is 4. The second kappa shape index (κ2) is 6.63. The lowest BCUT2D eigenvalue weighted by molar-refractivity contribution is 0.00578. The van der Waals surface area contributed by atoms with E-state index in [1.807, 2.05) is 33.8 Å². The molecule has 1 amide bonds. The van der Waals surface area contributed by atoms with E-state index in [0.29, 0.717) is 29.1 Å². The molecule has 0 N–H and O–H groups in total. The van der Waals surface area contributed by atoms with E-state index in [4.69, 9.17) is 9.31 Å². The molecule has 0 radical (unpaired) electrons. The Morgan fingerprint density at radius 1 is 1.20 bits per heavy atom. The largest absolute Gasteiger partial charge is 0.494 e.